The van der Waals surface area contributed by atoms with Crippen LogP contribution in [0.1, 0.15) is 50.2 Å². The Morgan fingerprint density at radius 1 is 1.06 bits per heavy atom. The molecule has 2 aromatic carbocycles. The molecule has 4 rings (SSSR count). The number of fused-ring (bicyclic) bond motifs is 3. The van der Waals surface area contributed by atoms with E-state index in [1.165, 1.54) is 16.0 Å². The highest BCUT2D eigenvalue weighted by molar-refractivity contribution is 5.91. The standard InChI is InChI=1S/C26H30N2O5/c1-25(2,22(29)28(3)26(12-13-26)23(30)31)14-15-27-24(32)33-16-21-19-10-6-4-8-17(19)18-9-5-7-11-20(18)21/h4-11,21H,12-16H2,1-3H3,(H,27,32)(H,30,31). The quantitative estimate of drug-likeness (QED) is 0.633. The minimum atomic E-state index is -1.07. The maximum atomic E-state index is 12.9. The second-order valence-corrected chi connectivity index (χ2v) is 9.59. The van der Waals surface area contributed by atoms with Crippen LogP contribution in [0.4, 0.5) is 4.79 Å². The van der Waals surface area contributed by atoms with E-state index in [0.29, 0.717) is 19.3 Å². The van der Waals surface area contributed by atoms with Crippen LogP contribution in [0.3, 0.4) is 0 Å². The molecule has 0 spiro atoms. The molecule has 0 radical (unpaired) electrons. The lowest BCUT2D eigenvalue weighted by Gasteiger charge is -2.33. The molecule has 2 aromatic rings. The van der Waals surface area contributed by atoms with Crippen LogP contribution < -0.4 is 5.32 Å². The van der Waals surface area contributed by atoms with Crippen molar-refractivity contribution in [3.63, 3.8) is 0 Å². The van der Waals surface area contributed by atoms with Gasteiger partial charge in [-0.1, -0.05) is 62.4 Å². The average Bonchev–Trinajstić information content (AvgIpc) is 3.55. The van der Waals surface area contributed by atoms with E-state index in [0.717, 1.165) is 11.1 Å². The minimum absolute atomic E-state index is 0.0134. The number of nitrogens with zero attached hydrogens (tertiary/aromatic N) is 1. The number of carbonyl (C=O) groups excluding carboxylic acids is 2. The fourth-order valence-electron chi connectivity index (χ4n) is 4.69. The molecule has 0 saturated heterocycles. The summed E-state index contributed by atoms with van der Waals surface area (Å²) in [5.41, 5.74) is 2.75. The maximum absolute atomic E-state index is 12.9. The van der Waals surface area contributed by atoms with Crippen molar-refractivity contribution in [2.75, 3.05) is 20.2 Å². The number of carbonyl (C=O) groups is 3. The van der Waals surface area contributed by atoms with Crippen LogP contribution in [-0.4, -0.2) is 53.7 Å². The van der Waals surface area contributed by atoms with Crippen molar-refractivity contribution in [1.29, 1.82) is 0 Å². The molecule has 0 aromatic heterocycles. The third kappa shape index (κ3) is 4.19. The predicted octanol–water partition coefficient (Wildman–Crippen LogP) is 4.02. The molecule has 0 heterocycles. The first kappa shape index (κ1) is 22.8. The van der Waals surface area contributed by atoms with Crippen molar-refractivity contribution in [2.45, 2.75) is 44.6 Å². The predicted molar refractivity (Wildman–Crippen MR) is 124 cm³/mol. The van der Waals surface area contributed by atoms with E-state index in [4.69, 9.17) is 4.74 Å². The zero-order valence-corrected chi connectivity index (χ0v) is 19.3. The number of alkyl carbamates (subject to hydrolysis) is 1. The fourth-order valence-corrected chi connectivity index (χ4v) is 4.69. The van der Waals surface area contributed by atoms with Gasteiger partial charge < -0.3 is 20.1 Å². The summed E-state index contributed by atoms with van der Waals surface area (Å²) in [7, 11) is 1.55. The van der Waals surface area contributed by atoms with Crippen molar-refractivity contribution in [3.8, 4) is 11.1 Å². The highest BCUT2D eigenvalue weighted by Crippen LogP contribution is 2.45. The van der Waals surface area contributed by atoms with Gasteiger partial charge in [-0.3, -0.25) is 4.79 Å². The van der Waals surface area contributed by atoms with Crippen molar-refractivity contribution in [3.05, 3.63) is 59.7 Å². The third-order valence-electron chi connectivity index (χ3n) is 7.01. The molecular formula is C26H30N2O5. The van der Waals surface area contributed by atoms with Gasteiger partial charge in [0.2, 0.25) is 5.91 Å². The van der Waals surface area contributed by atoms with Crippen LogP contribution in [0, 0.1) is 5.41 Å². The van der Waals surface area contributed by atoms with Crippen molar-refractivity contribution < 1.29 is 24.2 Å². The number of aliphatic carboxylic acids is 1. The SMILES string of the molecule is CN(C(=O)C(C)(C)CCNC(=O)OCC1c2ccccc2-c2ccccc21)C1(C(=O)O)CC1. The fraction of sp³-hybridized carbons (Fsp3) is 0.423. The monoisotopic (exact) mass is 450 g/mol. The van der Waals surface area contributed by atoms with Gasteiger partial charge in [0.25, 0.3) is 0 Å². The highest BCUT2D eigenvalue weighted by Gasteiger charge is 2.57. The number of likely N-dealkylation sites (N-methyl/N-ethyl adjacent to an activating group) is 1. The molecule has 2 aliphatic rings. The first-order valence-electron chi connectivity index (χ1n) is 11.3. The third-order valence-corrected chi connectivity index (χ3v) is 7.01. The number of carboxylic acids is 1. The van der Waals surface area contributed by atoms with Gasteiger partial charge in [0.1, 0.15) is 12.1 Å². The molecule has 1 saturated carbocycles. The van der Waals surface area contributed by atoms with Gasteiger partial charge in [0.15, 0.2) is 0 Å². The Balaban J connectivity index is 1.30. The van der Waals surface area contributed by atoms with Gasteiger partial charge in [-0.25, -0.2) is 9.59 Å². The second-order valence-electron chi connectivity index (χ2n) is 9.59. The van der Waals surface area contributed by atoms with Crippen molar-refractivity contribution >= 4 is 18.0 Å². The molecule has 0 aliphatic heterocycles. The zero-order chi connectivity index (χ0) is 23.8. The number of carboxylic acid groups (broad SMARTS) is 1. The second kappa shape index (κ2) is 8.54. The first-order chi connectivity index (χ1) is 15.7. The number of amides is 2. The molecule has 0 unspecified atom stereocenters. The van der Waals surface area contributed by atoms with E-state index in [9.17, 15) is 19.5 Å². The summed E-state index contributed by atoms with van der Waals surface area (Å²) in [6.07, 6.45) is 0.783. The summed E-state index contributed by atoms with van der Waals surface area (Å²) in [5, 5.41) is 12.2. The minimum Gasteiger partial charge on any atom is -0.479 e. The lowest BCUT2D eigenvalue weighted by atomic mass is 9.87. The van der Waals surface area contributed by atoms with Gasteiger partial charge in [-0.05, 0) is 41.5 Å². The Morgan fingerprint density at radius 2 is 1.61 bits per heavy atom. The topological polar surface area (TPSA) is 95.9 Å². The Morgan fingerprint density at radius 3 is 2.12 bits per heavy atom. The Bertz CT molecular complexity index is 1040. The Labute approximate surface area is 193 Å². The van der Waals surface area contributed by atoms with Crippen LogP contribution in [0.15, 0.2) is 48.5 Å². The summed E-state index contributed by atoms with van der Waals surface area (Å²) in [5.74, 6) is -1.22. The summed E-state index contributed by atoms with van der Waals surface area (Å²) in [4.78, 5) is 38.1. The van der Waals surface area contributed by atoms with Gasteiger partial charge >= 0.3 is 12.1 Å². The molecule has 2 N–H and O–H groups in total. The smallest absolute Gasteiger partial charge is 0.407 e. The van der Waals surface area contributed by atoms with E-state index in [2.05, 4.69) is 29.6 Å². The van der Waals surface area contributed by atoms with Crippen LogP contribution >= 0.6 is 0 Å². The van der Waals surface area contributed by atoms with Gasteiger partial charge in [-0.2, -0.15) is 0 Å². The molecule has 0 atom stereocenters. The van der Waals surface area contributed by atoms with Crippen LogP contribution in [-0.2, 0) is 14.3 Å². The molecule has 7 nitrogen and oxygen atoms in total. The lowest BCUT2D eigenvalue weighted by Crippen LogP contribution is -2.50. The van der Waals surface area contributed by atoms with Crippen molar-refractivity contribution in [1.82, 2.24) is 10.2 Å². The Kier molecular flexibility index (Phi) is 5.91. The summed E-state index contributed by atoms with van der Waals surface area (Å²) >= 11 is 0. The van der Waals surface area contributed by atoms with E-state index in [1.54, 1.807) is 20.9 Å². The number of benzene rings is 2. The zero-order valence-electron chi connectivity index (χ0n) is 19.3. The Hall–Kier alpha value is -3.35. The van der Waals surface area contributed by atoms with Crippen LogP contribution in [0.25, 0.3) is 11.1 Å². The highest BCUT2D eigenvalue weighted by atomic mass is 16.5. The van der Waals surface area contributed by atoms with Crippen LogP contribution in [0.5, 0.6) is 0 Å². The average molecular weight is 451 g/mol. The largest absolute Gasteiger partial charge is 0.479 e. The van der Waals surface area contributed by atoms with E-state index >= 15 is 0 Å². The number of rotatable bonds is 8. The maximum Gasteiger partial charge on any atom is 0.407 e. The lowest BCUT2D eigenvalue weighted by molar-refractivity contribution is -0.155. The number of nitrogens with one attached hydrogen (secondary N) is 1. The summed E-state index contributed by atoms with van der Waals surface area (Å²) in [6.45, 7) is 4.02. The normalized spacial score (nSPS) is 15.8. The molecule has 33 heavy (non-hydrogen) atoms. The number of hydrogen-bond donors (Lipinski definition) is 2. The summed E-state index contributed by atoms with van der Waals surface area (Å²) < 4.78 is 5.53. The van der Waals surface area contributed by atoms with E-state index in [-0.39, 0.29) is 25.0 Å². The van der Waals surface area contributed by atoms with Gasteiger partial charge in [-0.15, -0.1) is 0 Å². The molecule has 2 amide bonds. The summed E-state index contributed by atoms with van der Waals surface area (Å²) in [6, 6.07) is 16.3. The molecule has 1 fully saturated rings. The van der Waals surface area contributed by atoms with Gasteiger partial charge in [0.05, 0.1) is 0 Å². The first-order valence-corrected chi connectivity index (χ1v) is 11.3. The van der Waals surface area contributed by atoms with E-state index < -0.39 is 23.0 Å². The molecule has 0 bridgehead atoms. The number of ether oxygens (including phenoxy) is 1. The van der Waals surface area contributed by atoms with Crippen LogP contribution in [0.2, 0.25) is 0 Å². The van der Waals surface area contributed by atoms with Gasteiger partial charge in [0, 0.05) is 24.9 Å². The van der Waals surface area contributed by atoms with Crippen molar-refractivity contribution in [2.24, 2.45) is 5.41 Å². The van der Waals surface area contributed by atoms with E-state index in [1.807, 2.05) is 24.3 Å². The molecule has 7 heteroatoms. The molecule has 2 aliphatic carbocycles. The number of hydrogen-bond acceptors (Lipinski definition) is 4. The molecular weight excluding hydrogens is 420 g/mol. The molecule has 174 valence electrons.